The second-order valence-corrected chi connectivity index (χ2v) is 14.4. The zero-order chi connectivity index (χ0) is 38.8. The number of pyridine rings is 1. The Bertz CT molecular complexity index is 2600. The number of aromatic nitrogens is 3. The molecule has 2 aliphatic carbocycles. The molecule has 0 amide bonds. The van der Waals surface area contributed by atoms with Crippen LogP contribution in [0.5, 0.6) is 0 Å². The summed E-state index contributed by atoms with van der Waals surface area (Å²) in [7, 11) is 0. The van der Waals surface area contributed by atoms with Gasteiger partial charge in [0.05, 0.1) is 11.2 Å². The number of aryl methyl sites for hydroxylation is 1. The van der Waals surface area contributed by atoms with Gasteiger partial charge < -0.3 is 14.5 Å². The molecule has 1 unspecified atom stereocenters. The second kappa shape index (κ2) is 15.7. The van der Waals surface area contributed by atoms with Crippen LogP contribution in [0.25, 0.3) is 51.6 Å². The summed E-state index contributed by atoms with van der Waals surface area (Å²) in [5.41, 5.74) is 17.4. The van der Waals surface area contributed by atoms with Crippen LogP contribution in [0.1, 0.15) is 85.5 Å². The van der Waals surface area contributed by atoms with Gasteiger partial charge in [0.15, 0.2) is 5.82 Å². The highest BCUT2D eigenvalue weighted by Crippen LogP contribution is 2.48. The van der Waals surface area contributed by atoms with Crippen LogP contribution in [0.15, 0.2) is 127 Å². The number of fused-ring (bicyclic) bond motifs is 5. The fourth-order valence-corrected chi connectivity index (χ4v) is 8.81. The second-order valence-electron chi connectivity index (χ2n) is 14.4. The SMILES string of the molecule is C#C.C/C=C\C(=C/C)N1c2nccc(-c3cccc(-n4c5c(c6ccccc64)CCC=C5)c3)c2NC1c1ccc(-n2c3c(c(C)c2/C=C\CC)CCC=C3)cc1. The van der Waals surface area contributed by atoms with Gasteiger partial charge in [-0.2, -0.15) is 0 Å². The highest BCUT2D eigenvalue weighted by atomic mass is 15.4. The fourth-order valence-electron chi connectivity index (χ4n) is 8.81. The van der Waals surface area contributed by atoms with E-state index < -0.39 is 0 Å². The highest BCUT2D eigenvalue weighted by molar-refractivity contribution is 5.93. The van der Waals surface area contributed by atoms with Crippen LogP contribution in [0, 0.1) is 19.8 Å². The number of terminal acetylenes is 1. The lowest BCUT2D eigenvalue weighted by atomic mass is 10.00. The Morgan fingerprint density at radius 2 is 1.61 bits per heavy atom. The molecule has 3 aromatic heterocycles. The number of nitrogens with one attached hydrogen (secondary N) is 1. The molecule has 4 heterocycles. The predicted octanol–water partition coefficient (Wildman–Crippen LogP) is 12.8. The monoisotopic (exact) mass is 731 g/mol. The summed E-state index contributed by atoms with van der Waals surface area (Å²) in [6.45, 7) is 8.66. The van der Waals surface area contributed by atoms with Crippen LogP contribution >= 0.6 is 0 Å². The maximum absolute atomic E-state index is 5.04. The van der Waals surface area contributed by atoms with E-state index in [1.165, 1.54) is 55.9 Å². The summed E-state index contributed by atoms with van der Waals surface area (Å²) in [4.78, 5) is 7.38. The smallest absolute Gasteiger partial charge is 0.159 e. The summed E-state index contributed by atoms with van der Waals surface area (Å²) < 4.78 is 4.87. The minimum absolute atomic E-state index is 0.140. The normalized spacial score (nSPS) is 15.9. The van der Waals surface area contributed by atoms with Gasteiger partial charge in [-0.25, -0.2) is 4.98 Å². The van der Waals surface area contributed by atoms with Crippen molar-refractivity contribution in [2.45, 2.75) is 66.0 Å². The average molecular weight is 732 g/mol. The number of nitrogens with zero attached hydrogens (tertiary/aromatic N) is 4. The molecule has 0 radical (unpaired) electrons. The molecule has 0 saturated carbocycles. The van der Waals surface area contributed by atoms with Crippen molar-refractivity contribution in [2.24, 2.45) is 0 Å². The van der Waals surface area contributed by atoms with Gasteiger partial charge in [0.25, 0.3) is 0 Å². The molecule has 5 heteroatoms. The molecule has 3 aliphatic rings. The Hall–Kier alpha value is -6.51. The van der Waals surface area contributed by atoms with E-state index in [1.54, 1.807) is 0 Å². The molecule has 9 rings (SSSR count). The lowest BCUT2D eigenvalue weighted by Gasteiger charge is -2.27. The molecule has 0 spiro atoms. The molecule has 0 bridgehead atoms. The highest BCUT2D eigenvalue weighted by Gasteiger charge is 2.35. The zero-order valence-electron chi connectivity index (χ0n) is 32.8. The first-order valence-corrected chi connectivity index (χ1v) is 19.9. The van der Waals surface area contributed by atoms with Gasteiger partial charge >= 0.3 is 0 Å². The molecule has 278 valence electrons. The third kappa shape index (κ3) is 6.12. The Balaban J connectivity index is 0.00000217. The van der Waals surface area contributed by atoms with E-state index in [-0.39, 0.29) is 6.17 Å². The van der Waals surface area contributed by atoms with Gasteiger partial charge in [-0.15, -0.1) is 12.8 Å². The quantitative estimate of drug-likeness (QED) is 0.125. The van der Waals surface area contributed by atoms with E-state index in [0.717, 1.165) is 66.1 Å². The number of hydrogen-bond donors (Lipinski definition) is 1. The maximum Gasteiger partial charge on any atom is 0.159 e. The van der Waals surface area contributed by atoms with E-state index in [4.69, 9.17) is 4.98 Å². The first-order chi connectivity index (χ1) is 27.6. The molecule has 1 atom stereocenters. The number of anilines is 2. The van der Waals surface area contributed by atoms with Crippen molar-refractivity contribution in [3.05, 3.63) is 167 Å². The van der Waals surface area contributed by atoms with Crippen molar-refractivity contribution < 1.29 is 0 Å². The first kappa shape index (κ1) is 36.5. The van der Waals surface area contributed by atoms with E-state index in [0.29, 0.717) is 0 Å². The van der Waals surface area contributed by atoms with Gasteiger partial charge in [-0.3, -0.25) is 4.90 Å². The average Bonchev–Trinajstić information content (AvgIpc) is 3.90. The van der Waals surface area contributed by atoms with E-state index in [2.05, 4.69) is 193 Å². The van der Waals surface area contributed by atoms with Gasteiger partial charge in [-0.05, 0) is 141 Å². The lowest BCUT2D eigenvalue weighted by Crippen LogP contribution is -2.27. The zero-order valence-corrected chi connectivity index (χ0v) is 32.8. The Kier molecular flexibility index (Phi) is 10.2. The topological polar surface area (TPSA) is 38.0 Å². The van der Waals surface area contributed by atoms with E-state index in [1.807, 2.05) is 6.20 Å². The largest absolute Gasteiger partial charge is 0.358 e. The number of hydrogen-bond acceptors (Lipinski definition) is 3. The van der Waals surface area contributed by atoms with Crippen molar-refractivity contribution >= 4 is 40.6 Å². The van der Waals surface area contributed by atoms with Crippen LogP contribution in [0.3, 0.4) is 0 Å². The van der Waals surface area contributed by atoms with Gasteiger partial charge in [0, 0.05) is 51.3 Å². The van der Waals surface area contributed by atoms with Crippen LogP contribution < -0.4 is 10.2 Å². The number of rotatable bonds is 8. The van der Waals surface area contributed by atoms with Crippen LogP contribution in [-0.4, -0.2) is 14.1 Å². The minimum atomic E-state index is -0.140. The van der Waals surface area contributed by atoms with Crippen molar-refractivity contribution in [3.8, 4) is 35.3 Å². The molecule has 1 aliphatic heterocycles. The van der Waals surface area contributed by atoms with Crippen molar-refractivity contribution in [2.75, 3.05) is 10.2 Å². The third-order valence-corrected chi connectivity index (χ3v) is 11.3. The molecule has 6 aromatic rings. The summed E-state index contributed by atoms with van der Waals surface area (Å²) in [6.07, 6.45) is 35.4. The van der Waals surface area contributed by atoms with Gasteiger partial charge in [0.1, 0.15) is 6.17 Å². The fraction of sp³-hybridized carbons (Fsp3) is 0.196. The minimum Gasteiger partial charge on any atom is -0.358 e. The van der Waals surface area contributed by atoms with Crippen LogP contribution in [0.2, 0.25) is 0 Å². The first-order valence-electron chi connectivity index (χ1n) is 19.9. The molecule has 0 saturated heterocycles. The number of benzene rings is 3. The van der Waals surface area contributed by atoms with Gasteiger partial charge in [-0.1, -0.05) is 79.8 Å². The molecule has 3 aromatic carbocycles. The molecule has 56 heavy (non-hydrogen) atoms. The van der Waals surface area contributed by atoms with Crippen LogP contribution in [0.4, 0.5) is 11.5 Å². The number of allylic oxidation sites excluding steroid dienone is 6. The summed E-state index contributed by atoms with van der Waals surface area (Å²) in [5.74, 6) is 0.928. The van der Waals surface area contributed by atoms with Crippen molar-refractivity contribution in [1.82, 2.24) is 14.1 Å². The summed E-state index contributed by atoms with van der Waals surface area (Å²) in [5, 5.41) is 5.31. The molecule has 1 N–H and O–H groups in total. The maximum atomic E-state index is 5.04. The van der Waals surface area contributed by atoms with E-state index >= 15 is 0 Å². The molecular weight excluding hydrogens is 683 g/mol. The summed E-state index contributed by atoms with van der Waals surface area (Å²) >= 11 is 0. The third-order valence-electron chi connectivity index (χ3n) is 11.3. The van der Waals surface area contributed by atoms with E-state index in [9.17, 15) is 0 Å². The Morgan fingerprint density at radius 1 is 0.857 bits per heavy atom. The Labute approximate surface area is 331 Å². The predicted molar refractivity (Wildman–Crippen MR) is 238 cm³/mol. The lowest BCUT2D eigenvalue weighted by molar-refractivity contribution is 0.791. The molecular formula is C51H49N5. The van der Waals surface area contributed by atoms with Crippen LogP contribution in [-0.2, 0) is 12.8 Å². The summed E-state index contributed by atoms with van der Waals surface area (Å²) in [6, 6.07) is 29.1. The molecule has 0 fully saturated rings. The standard InChI is InChI=1S/C49H47N5.C2H2/c1-5-8-22-43-33(4)39-19-9-12-23-44(39)52(43)37-28-26-34(27-29-37)48-51-47-40(30-31-50-49(47)54(48)36(7-3)16-6-2)35-17-15-18-38(32-35)53-45-24-13-10-20-41(45)42-21-11-14-25-46(42)53;1-2/h6-8,10,12-18,20,22-32,48,51H,5,9,11,19,21H2,1-4H3;1-2H/b16-6-,22-8-,36-7+;. The van der Waals surface area contributed by atoms with Crippen molar-refractivity contribution in [1.29, 1.82) is 0 Å². The Morgan fingerprint density at radius 3 is 2.36 bits per heavy atom. The van der Waals surface area contributed by atoms with Crippen molar-refractivity contribution in [3.63, 3.8) is 0 Å². The van der Waals surface area contributed by atoms with Gasteiger partial charge in [0.2, 0.25) is 0 Å². The number of para-hydroxylation sites is 1. The molecule has 5 nitrogen and oxygen atoms in total.